The molecule has 2 heterocycles. The third-order valence-corrected chi connectivity index (χ3v) is 4.51. The van der Waals surface area contributed by atoms with Gasteiger partial charge in [-0.2, -0.15) is 5.10 Å². The van der Waals surface area contributed by atoms with Gasteiger partial charge < -0.3 is 5.32 Å². The number of fused-ring (bicyclic) bond motifs is 1. The first kappa shape index (κ1) is 17.3. The fourth-order valence-corrected chi connectivity index (χ4v) is 3.12. The molecular formula is C19H25N5O. The van der Waals surface area contributed by atoms with E-state index in [4.69, 9.17) is 0 Å². The number of benzene rings is 1. The molecule has 6 heteroatoms. The van der Waals surface area contributed by atoms with Crippen molar-refractivity contribution in [3.05, 3.63) is 30.1 Å². The van der Waals surface area contributed by atoms with Gasteiger partial charge in [-0.25, -0.2) is 15.4 Å². The predicted molar refractivity (Wildman–Crippen MR) is 101 cm³/mol. The molecule has 0 spiro atoms. The number of hydrazone groups is 1. The summed E-state index contributed by atoms with van der Waals surface area (Å²) in [6, 6.07) is 6.08. The van der Waals surface area contributed by atoms with Crippen LogP contribution in [0.1, 0.15) is 51.5 Å². The number of hydrogen-bond acceptors (Lipinski definition) is 5. The normalized spacial score (nSPS) is 17.3. The van der Waals surface area contributed by atoms with E-state index in [0.717, 1.165) is 41.0 Å². The van der Waals surface area contributed by atoms with Crippen molar-refractivity contribution in [1.29, 1.82) is 0 Å². The van der Waals surface area contributed by atoms with Crippen LogP contribution in [0, 0.1) is 5.92 Å². The van der Waals surface area contributed by atoms with Crippen LogP contribution < -0.4 is 10.7 Å². The van der Waals surface area contributed by atoms with Gasteiger partial charge in [-0.3, -0.25) is 4.79 Å². The van der Waals surface area contributed by atoms with Gasteiger partial charge in [-0.05, 0) is 18.6 Å². The van der Waals surface area contributed by atoms with Crippen LogP contribution in [-0.2, 0) is 4.79 Å². The Labute approximate surface area is 148 Å². The van der Waals surface area contributed by atoms with Crippen molar-refractivity contribution in [2.45, 2.75) is 46.0 Å². The van der Waals surface area contributed by atoms with Crippen molar-refractivity contribution in [3.8, 4) is 0 Å². The molecule has 0 aliphatic carbocycles. The lowest BCUT2D eigenvalue weighted by Crippen LogP contribution is -2.31. The molecular weight excluding hydrogens is 314 g/mol. The third-order valence-electron chi connectivity index (χ3n) is 4.51. The third kappa shape index (κ3) is 4.13. The van der Waals surface area contributed by atoms with E-state index in [1.165, 1.54) is 19.3 Å². The lowest BCUT2D eigenvalue weighted by Gasteiger charge is -2.19. The van der Waals surface area contributed by atoms with Gasteiger partial charge in [-0.15, -0.1) is 0 Å². The van der Waals surface area contributed by atoms with E-state index in [1.54, 1.807) is 6.33 Å². The lowest BCUT2D eigenvalue weighted by molar-refractivity contribution is -0.121. The number of nitrogens with zero attached hydrogens (tertiary/aromatic N) is 3. The van der Waals surface area contributed by atoms with Crippen molar-refractivity contribution in [3.63, 3.8) is 0 Å². The number of rotatable bonds is 7. The second-order valence-corrected chi connectivity index (χ2v) is 6.58. The minimum Gasteiger partial charge on any atom is -0.369 e. The molecule has 1 atom stereocenters. The number of anilines is 1. The van der Waals surface area contributed by atoms with E-state index < -0.39 is 0 Å². The van der Waals surface area contributed by atoms with Gasteiger partial charge in [-0.1, -0.05) is 39.2 Å². The minimum atomic E-state index is -0.0334. The topological polar surface area (TPSA) is 79.3 Å². The molecule has 0 saturated carbocycles. The number of amides is 1. The van der Waals surface area contributed by atoms with Crippen molar-refractivity contribution in [2.24, 2.45) is 11.0 Å². The monoisotopic (exact) mass is 339 g/mol. The second-order valence-electron chi connectivity index (χ2n) is 6.58. The maximum absolute atomic E-state index is 11.4. The number of hydrogen-bond donors (Lipinski definition) is 2. The molecule has 1 aromatic carbocycles. The molecule has 1 unspecified atom stereocenters. The molecule has 3 rings (SSSR count). The van der Waals surface area contributed by atoms with Gasteiger partial charge in [0.25, 0.3) is 0 Å². The molecule has 25 heavy (non-hydrogen) atoms. The first-order chi connectivity index (χ1) is 12.2. The molecule has 1 aliphatic heterocycles. The maximum atomic E-state index is 11.4. The Morgan fingerprint density at radius 2 is 2.12 bits per heavy atom. The number of aromatic nitrogens is 2. The van der Waals surface area contributed by atoms with Crippen LogP contribution in [0.25, 0.3) is 10.9 Å². The summed E-state index contributed by atoms with van der Waals surface area (Å²) in [7, 11) is 0. The summed E-state index contributed by atoms with van der Waals surface area (Å²) in [5.41, 5.74) is 5.34. The van der Waals surface area contributed by atoms with Crippen LogP contribution in [0.5, 0.6) is 0 Å². The Morgan fingerprint density at radius 1 is 1.24 bits per heavy atom. The summed E-state index contributed by atoms with van der Waals surface area (Å²) >= 11 is 0. The Balaban J connectivity index is 1.79. The van der Waals surface area contributed by atoms with E-state index in [0.29, 0.717) is 6.42 Å². The van der Waals surface area contributed by atoms with E-state index in [9.17, 15) is 4.79 Å². The average molecular weight is 339 g/mol. The molecule has 1 aliphatic rings. The molecule has 1 amide bonds. The van der Waals surface area contributed by atoms with Gasteiger partial charge in [0.05, 0.1) is 11.2 Å². The number of nitrogens with one attached hydrogen (secondary N) is 2. The summed E-state index contributed by atoms with van der Waals surface area (Å²) < 4.78 is 0. The van der Waals surface area contributed by atoms with Crippen LogP contribution in [0.2, 0.25) is 0 Å². The quantitative estimate of drug-likeness (QED) is 0.757. The summed E-state index contributed by atoms with van der Waals surface area (Å²) in [6.07, 6.45) is 6.94. The van der Waals surface area contributed by atoms with Gasteiger partial charge >= 0.3 is 0 Å². The number of carbonyl (C=O) groups excluding carboxylic acids is 1. The summed E-state index contributed by atoms with van der Waals surface area (Å²) in [5, 5.41) is 8.66. The summed E-state index contributed by atoms with van der Waals surface area (Å²) in [5.74, 6) is 0.943. The number of carbonyl (C=O) groups is 1. The molecule has 0 radical (unpaired) electrons. The molecule has 2 aromatic rings. The molecule has 2 N–H and O–H groups in total. The standard InChI is InChI=1S/C19H25N5O/c1-3-4-5-6-9-20-19-15-8-7-14(11-16(15)21-12-22-19)18-13(2)10-17(25)23-24-18/h7-8,11-13H,3-6,9-10H2,1-2H3,(H,23,25)(H,20,21,22). The fraction of sp³-hybridized carbons (Fsp3) is 0.474. The highest BCUT2D eigenvalue weighted by Crippen LogP contribution is 2.23. The van der Waals surface area contributed by atoms with Crippen LogP contribution >= 0.6 is 0 Å². The van der Waals surface area contributed by atoms with Crippen molar-refractivity contribution >= 4 is 28.3 Å². The zero-order chi connectivity index (χ0) is 17.6. The smallest absolute Gasteiger partial charge is 0.240 e. The predicted octanol–water partition coefficient (Wildman–Crippen LogP) is 3.48. The van der Waals surface area contributed by atoms with Crippen molar-refractivity contribution in [1.82, 2.24) is 15.4 Å². The highest BCUT2D eigenvalue weighted by molar-refractivity contribution is 6.07. The van der Waals surface area contributed by atoms with Crippen molar-refractivity contribution < 1.29 is 4.79 Å². The Bertz CT molecular complexity index is 786. The fourth-order valence-electron chi connectivity index (χ4n) is 3.12. The van der Waals surface area contributed by atoms with Gasteiger partial charge in [0.15, 0.2) is 0 Å². The van der Waals surface area contributed by atoms with E-state index in [2.05, 4.69) is 32.7 Å². The maximum Gasteiger partial charge on any atom is 0.240 e. The van der Waals surface area contributed by atoms with Crippen LogP contribution in [0.3, 0.4) is 0 Å². The first-order valence-corrected chi connectivity index (χ1v) is 9.04. The van der Waals surface area contributed by atoms with E-state index in [1.807, 2.05) is 25.1 Å². The summed E-state index contributed by atoms with van der Waals surface area (Å²) in [4.78, 5) is 20.2. The lowest BCUT2D eigenvalue weighted by atomic mass is 9.93. The zero-order valence-electron chi connectivity index (χ0n) is 14.9. The minimum absolute atomic E-state index is 0.0334. The van der Waals surface area contributed by atoms with Gasteiger partial charge in [0.1, 0.15) is 12.1 Å². The van der Waals surface area contributed by atoms with Crippen LogP contribution in [-0.4, -0.2) is 28.1 Å². The summed E-state index contributed by atoms with van der Waals surface area (Å²) in [6.45, 7) is 5.15. The molecule has 0 saturated heterocycles. The molecule has 1 aromatic heterocycles. The second kappa shape index (κ2) is 8.05. The average Bonchev–Trinajstić information content (AvgIpc) is 2.61. The van der Waals surface area contributed by atoms with Gasteiger partial charge in [0.2, 0.25) is 5.91 Å². The van der Waals surface area contributed by atoms with E-state index >= 15 is 0 Å². The van der Waals surface area contributed by atoms with Gasteiger partial charge in [0, 0.05) is 29.8 Å². The Hall–Kier alpha value is -2.50. The van der Waals surface area contributed by atoms with Crippen LogP contribution in [0.4, 0.5) is 5.82 Å². The zero-order valence-corrected chi connectivity index (χ0v) is 14.9. The Morgan fingerprint density at radius 3 is 2.92 bits per heavy atom. The molecule has 0 fully saturated rings. The van der Waals surface area contributed by atoms with E-state index in [-0.39, 0.29) is 11.8 Å². The van der Waals surface area contributed by atoms with Crippen molar-refractivity contribution in [2.75, 3.05) is 11.9 Å². The highest BCUT2D eigenvalue weighted by Gasteiger charge is 2.22. The molecule has 132 valence electrons. The molecule has 6 nitrogen and oxygen atoms in total. The highest BCUT2D eigenvalue weighted by atomic mass is 16.2. The first-order valence-electron chi connectivity index (χ1n) is 9.04. The number of unbranched alkanes of at least 4 members (excludes halogenated alkanes) is 3. The largest absolute Gasteiger partial charge is 0.369 e. The SMILES string of the molecule is CCCCCCNc1ncnc2cc(C3=NNC(=O)CC3C)ccc12. The molecule has 0 bridgehead atoms. The Kier molecular flexibility index (Phi) is 5.58. The van der Waals surface area contributed by atoms with Crippen LogP contribution in [0.15, 0.2) is 29.6 Å².